The summed E-state index contributed by atoms with van der Waals surface area (Å²) < 4.78 is 47.9. The van der Waals surface area contributed by atoms with E-state index in [1.165, 1.54) is 0 Å². The molecule has 44 heavy (non-hydrogen) atoms. The van der Waals surface area contributed by atoms with Gasteiger partial charge in [0.1, 0.15) is 4.37 Å². The number of rotatable bonds is 8. The Morgan fingerprint density at radius 3 is 1.05 bits per heavy atom. The predicted molar refractivity (Wildman–Crippen MR) is 188 cm³/mol. The molecule has 0 saturated carbocycles. The molecule has 0 atom stereocenters. The van der Waals surface area contributed by atoms with Crippen LogP contribution in [0, 0.1) is 6.92 Å². The van der Waals surface area contributed by atoms with Gasteiger partial charge in [0.2, 0.25) is 9.84 Å². The Balaban J connectivity index is 2.00. The van der Waals surface area contributed by atoms with Crippen molar-refractivity contribution in [1.82, 2.24) is 0 Å². The first-order chi connectivity index (χ1) is 21.4. The normalized spacial score (nSPS) is 12.0. The van der Waals surface area contributed by atoms with E-state index in [9.17, 15) is 0 Å². The van der Waals surface area contributed by atoms with Crippen molar-refractivity contribution >= 4 is 54.8 Å². The minimum Gasteiger partial charge on any atom is -0.308 e. The van der Waals surface area contributed by atoms with E-state index in [1.54, 1.807) is 48.5 Å². The summed E-state index contributed by atoms with van der Waals surface area (Å²) in [4.78, 5) is 0.123. The van der Waals surface area contributed by atoms with Crippen molar-refractivity contribution < 1.29 is 13.0 Å². The van der Waals surface area contributed by atoms with Crippen molar-refractivity contribution in [3.63, 3.8) is 0 Å². The average molecular weight is 631 g/mol. The molecule has 0 aliphatic carbocycles. The molecule has 0 N–H and O–H groups in total. The minimum absolute atomic E-state index is 0.0438. The van der Waals surface area contributed by atoms with E-state index in [2.05, 4.69) is 0 Å². The highest BCUT2D eigenvalue weighted by Gasteiger charge is 2.48. The van der Waals surface area contributed by atoms with Crippen LogP contribution in [0.5, 0.6) is 0 Å². The quantitative estimate of drug-likeness (QED) is 0.173. The largest absolute Gasteiger partial charge is 0.308 e. The standard InChI is InChI=1S/C38H32O3P2S/c1-31-27-29-37(30-28-31)44(40,41)38(43(39,35-23-13-5-14-24-35)36-25-15-6-16-26-36)42(32-17-7-2-8-18-32,33-19-9-3-10-20-33)34-21-11-4-12-22-34/h2-30H,1H3. The molecule has 218 valence electrons. The van der Waals surface area contributed by atoms with Gasteiger partial charge in [0.15, 0.2) is 7.14 Å². The highest BCUT2D eigenvalue weighted by molar-refractivity contribution is 8.36. The lowest BCUT2D eigenvalue weighted by atomic mass is 10.2. The van der Waals surface area contributed by atoms with E-state index in [4.69, 9.17) is 0 Å². The Hall–Kier alpha value is -4.20. The lowest BCUT2D eigenvalue weighted by Gasteiger charge is -2.36. The van der Waals surface area contributed by atoms with Gasteiger partial charge in [-0.1, -0.05) is 169 Å². The zero-order chi connectivity index (χ0) is 30.6. The second-order valence-corrected chi connectivity index (χ2v) is 19.4. The first-order valence-electron chi connectivity index (χ1n) is 14.4. The summed E-state index contributed by atoms with van der Waals surface area (Å²) in [5.74, 6) is 0. The van der Waals surface area contributed by atoms with Crippen LogP contribution in [0.1, 0.15) is 5.56 Å². The first kappa shape index (κ1) is 29.9. The zero-order valence-corrected chi connectivity index (χ0v) is 26.9. The topological polar surface area (TPSA) is 51.2 Å². The van der Waals surface area contributed by atoms with Crippen LogP contribution in [0.15, 0.2) is 181 Å². The Morgan fingerprint density at radius 2 is 0.727 bits per heavy atom. The van der Waals surface area contributed by atoms with E-state index in [1.807, 2.05) is 134 Å². The smallest absolute Gasteiger partial charge is 0.211 e. The SMILES string of the molecule is Cc1ccc(S(=O)(=O)C(P(=O)(c2ccccc2)c2ccccc2)=P(c2ccccc2)(c2ccccc2)c2ccccc2)cc1. The van der Waals surface area contributed by atoms with Crippen LogP contribution in [-0.4, -0.2) is 12.8 Å². The lowest BCUT2D eigenvalue weighted by Crippen LogP contribution is -2.37. The average Bonchev–Trinajstić information content (AvgIpc) is 3.09. The summed E-state index contributed by atoms with van der Waals surface area (Å²) in [6, 6.07) is 54.4. The second-order valence-electron chi connectivity index (χ2n) is 10.6. The molecule has 0 amide bonds. The van der Waals surface area contributed by atoms with Crippen LogP contribution >= 0.6 is 14.0 Å². The van der Waals surface area contributed by atoms with Gasteiger partial charge < -0.3 is 4.57 Å². The van der Waals surface area contributed by atoms with Gasteiger partial charge in [-0.05, 0) is 35.0 Å². The van der Waals surface area contributed by atoms with Crippen LogP contribution in [0.25, 0.3) is 0 Å². The molecule has 0 heterocycles. The summed E-state index contributed by atoms with van der Waals surface area (Å²) in [6.45, 7) is -1.42. The fourth-order valence-electron chi connectivity index (χ4n) is 5.76. The molecule has 0 aromatic heterocycles. The third-order valence-electron chi connectivity index (χ3n) is 7.80. The summed E-state index contributed by atoms with van der Waals surface area (Å²) in [5, 5.41) is 3.40. The van der Waals surface area contributed by atoms with E-state index in [0.29, 0.717) is 10.6 Å². The number of sulfone groups is 1. The molecule has 0 unspecified atom stereocenters. The molecule has 6 heteroatoms. The number of aryl methyl sites for hydroxylation is 1. The first-order valence-corrected chi connectivity index (χ1v) is 19.3. The van der Waals surface area contributed by atoms with Gasteiger partial charge in [-0.2, -0.15) is 0 Å². The Kier molecular flexibility index (Phi) is 8.43. The molecule has 0 saturated heterocycles. The fraction of sp³-hybridized carbons (Fsp3) is 0.0263. The van der Waals surface area contributed by atoms with Gasteiger partial charge in [-0.3, -0.25) is 0 Å². The van der Waals surface area contributed by atoms with E-state index >= 15 is 13.0 Å². The molecule has 0 aliphatic rings. The molecular formula is C38H32O3P2S. The van der Waals surface area contributed by atoms with Gasteiger partial charge in [-0.25, -0.2) is 8.42 Å². The van der Waals surface area contributed by atoms with Gasteiger partial charge in [-0.15, -0.1) is 0 Å². The van der Waals surface area contributed by atoms with Crippen molar-refractivity contribution in [2.45, 2.75) is 11.8 Å². The van der Waals surface area contributed by atoms with Gasteiger partial charge >= 0.3 is 0 Å². The molecule has 0 aliphatic heterocycles. The number of hydrogen-bond donors (Lipinski definition) is 0. The van der Waals surface area contributed by atoms with Crippen molar-refractivity contribution in [2.24, 2.45) is 0 Å². The third-order valence-corrected chi connectivity index (χ3v) is 20.3. The molecule has 0 spiro atoms. The molecule has 3 nitrogen and oxygen atoms in total. The van der Waals surface area contributed by atoms with Crippen LogP contribution in [0.2, 0.25) is 0 Å². The molecular weight excluding hydrogens is 598 g/mol. The van der Waals surface area contributed by atoms with E-state index < -0.39 is 23.9 Å². The molecule has 0 radical (unpaired) electrons. The summed E-state index contributed by atoms with van der Waals surface area (Å²) >= 11 is 0. The molecule has 0 bridgehead atoms. The Labute approximate surface area is 260 Å². The van der Waals surface area contributed by atoms with E-state index in [0.717, 1.165) is 21.5 Å². The minimum atomic E-state index is -4.37. The van der Waals surface area contributed by atoms with Crippen molar-refractivity contribution in [1.29, 1.82) is 0 Å². The maximum absolute atomic E-state index is 16.6. The third kappa shape index (κ3) is 5.14. The molecule has 0 fully saturated rings. The van der Waals surface area contributed by atoms with E-state index in [-0.39, 0.29) is 9.26 Å². The van der Waals surface area contributed by atoms with Crippen molar-refractivity contribution in [3.05, 3.63) is 181 Å². The van der Waals surface area contributed by atoms with Crippen LogP contribution in [0.3, 0.4) is 0 Å². The number of hydrogen-bond acceptors (Lipinski definition) is 3. The maximum Gasteiger partial charge on any atom is 0.211 e. The van der Waals surface area contributed by atoms with Crippen molar-refractivity contribution in [3.8, 4) is 0 Å². The zero-order valence-electron chi connectivity index (χ0n) is 24.3. The van der Waals surface area contributed by atoms with Crippen LogP contribution < -0.4 is 26.5 Å². The summed E-state index contributed by atoms with van der Waals surface area (Å²) in [5.41, 5.74) is 0.940. The van der Waals surface area contributed by atoms with Gasteiger partial charge in [0, 0.05) is 17.5 Å². The molecule has 6 aromatic carbocycles. The lowest BCUT2D eigenvalue weighted by molar-refractivity contribution is 0.593. The Bertz CT molecular complexity index is 1930. The fourth-order valence-corrected chi connectivity index (χ4v) is 20.2. The van der Waals surface area contributed by atoms with Crippen LogP contribution in [0.4, 0.5) is 0 Å². The predicted octanol–water partition coefficient (Wildman–Crippen LogP) is 6.86. The second kappa shape index (κ2) is 12.4. The van der Waals surface area contributed by atoms with Crippen LogP contribution in [-0.2, 0) is 14.4 Å². The molecule has 6 rings (SSSR count). The van der Waals surface area contributed by atoms with Gasteiger partial charge in [0.05, 0.1) is 4.90 Å². The summed E-state index contributed by atoms with van der Waals surface area (Å²) in [6.07, 6.45) is 0. The van der Waals surface area contributed by atoms with Crippen molar-refractivity contribution in [2.75, 3.05) is 0 Å². The number of benzene rings is 6. The maximum atomic E-state index is 16.6. The highest BCUT2D eigenvalue weighted by atomic mass is 32.2. The molecule has 6 aromatic rings. The Morgan fingerprint density at radius 1 is 0.432 bits per heavy atom. The highest BCUT2D eigenvalue weighted by Crippen LogP contribution is 2.61. The monoisotopic (exact) mass is 630 g/mol. The summed E-state index contributed by atoms with van der Waals surface area (Å²) in [7, 11) is -8.44. The van der Waals surface area contributed by atoms with Gasteiger partial charge in [0.25, 0.3) is 0 Å².